The highest BCUT2D eigenvalue weighted by molar-refractivity contribution is 9.10. The van der Waals surface area contributed by atoms with Gasteiger partial charge in [-0.25, -0.2) is 4.98 Å². The number of rotatable bonds is 6. The Morgan fingerprint density at radius 3 is 2.71 bits per heavy atom. The fourth-order valence-corrected chi connectivity index (χ4v) is 5.22. The molecule has 0 aliphatic heterocycles. The van der Waals surface area contributed by atoms with Crippen LogP contribution in [-0.4, -0.2) is 9.55 Å². The molecule has 2 aromatic carbocycles. The van der Waals surface area contributed by atoms with Crippen LogP contribution in [0, 0.1) is 0 Å². The maximum Gasteiger partial charge on any atom is 0.272 e. The van der Waals surface area contributed by atoms with Crippen LogP contribution in [0.4, 0.5) is 0 Å². The fraction of sp³-hybridized carbons (Fsp3) is 0.143. The topological polar surface area (TPSA) is 34.9 Å². The van der Waals surface area contributed by atoms with Crippen LogP contribution >= 0.6 is 50.6 Å². The molecule has 0 atom stereocenters. The number of aryl methyl sites for hydroxylation is 1. The van der Waals surface area contributed by atoms with Gasteiger partial charge in [0.1, 0.15) is 4.70 Å². The smallest absolute Gasteiger partial charge is 0.272 e. The van der Waals surface area contributed by atoms with Gasteiger partial charge in [0.2, 0.25) is 0 Å². The Labute approximate surface area is 184 Å². The van der Waals surface area contributed by atoms with Crippen molar-refractivity contribution >= 4 is 60.8 Å². The lowest BCUT2D eigenvalue weighted by atomic mass is 10.1. The molecule has 0 saturated heterocycles. The average Bonchev–Trinajstić information content (AvgIpc) is 3.16. The molecule has 3 nitrogen and oxygen atoms in total. The third-order valence-electron chi connectivity index (χ3n) is 4.33. The molecule has 28 heavy (non-hydrogen) atoms. The van der Waals surface area contributed by atoms with Gasteiger partial charge < -0.3 is 0 Å². The van der Waals surface area contributed by atoms with Crippen LogP contribution in [0.5, 0.6) is 0 Å². The van der Waals surface area contributed by atoms with E-state index in [1.54, 1.807) is 16.3 Å². The maximum absolute atomic E-state index is 13.0. The standard InChI is InChI=1S/C21H16BrClN2OS2/c22-16-3-1-2-15(12-16)13-28-21-24-18-9-11-27-19(18)20(26)25(21)10-8-14-4-6-17(23)7-5-14/h1-7,9,11-12H,8,10,13H2. The summed E-state index contributed by atoms with van der Waals surface area (Å²) in [6.07, 6.45) is 0.750. The molecule has 0 bridgehead atoms. The van der Waals surface area contributed by atoms with Crippen molar-refractivity contribution in [1.29, 1.82) is 0 Å². The lowest BCUT2D eigenvalue weighted by Crippen LogP contribution is -2.23. The van der Waals surface area contributed by atoms with Crippen LogP contribution in [0.2, 0.25) is 5.02 Å². The van der Waals surface area contributed by atoms with Gasteiger partial charge >= 0.3 is 0 Å². The normalized spacial score (nSPS) is 11.2. The van der Waals surface area contributed by atoms with E-state index < -0.39 is 0 Å². The number of benzene rings is 2. The van der Waals surface area contributed by atoms with Crippen LogP contribution in [0.3, 0.4) is 0 Å². The summed E-state index contributed by atoms with van der Waals surface area (Å²) in [5.74, 6) is 0.752. The summed E-state index contributed by atoms with van der Waals surface area (Å²) in [6.45, 7) is 0.585. The number of thiophene rings is 1. The minimum atomic E-state index is 0.0331. The van der Waals surface area contributed by atoms with E-state index in [9.17, 15) is 4.79 Å². The molecule has 2 aromatic heterocycles. The van der Waals surface area contributed by atoms with E-state index in [-0.39, 0.29) is 5.56 Å². The monoisotopic (exact) mass is 490 g/mol. The number of hydrogen-bond acceptors (Lipinski definition) is 4. The van der Waals surface area contributed by atoms with Crippen LogP contribution in [0.15, 0.2) is 74.4 Å². The van der Waals surface area contributed by atoms with Gasteiger partial charge in [-0.3, -0.25) is 9.36 Å². The van der Waals surface area contributed by atoms with Gasteiger partial charge in [-0.2, -0.15) is 0 Å². The van der Waals surface area contributed by atoms with Gasteiger partial charge in [0.15, 0.2) is 5.16 Å². The zero-order chi connectivity index (χ0) is 19.5. The molecule has 4 aromatic rings. The number of hydrogen-bond donors (Lipinski definition) is 0. The first-order valence-corrected chi connectivity index (χ1v) is 11.7. The van der Waals surface area contributed by atoms with Gasteiger partial charge in [-0.15, -0.1) is 11.3 Å². The summed E-state index contributed by atoms with van der Waals surface area (Å²) in [5.41, 5.74) is 3.13. The van der Waals surface area contributed by atoms with Gasteiger partial charge in [0, 0.05) is 21.8 Å². The van der Waals surface area contributed by atoms with Crippen LogP contribution in [-0.2, 0) is 18.7 Å². The Hall–Kier alpha value is -1.60. The largest absolute Gasteiger partial charge is 0.286 e. The van der Waals surface area contributed by atoms with Crippen molar-refractivity contribution in [2.75, 3.05) is 0 Å². The van der Waals surface area contributed by atoms with Crippen LogP contribution in [0.1, 0.15) is 11.1 Å². The summed E-state index contributed by atoms with van der Waals surface area (Å²) in [5, 5.41) is 3.39. The van der Waals surface area contributed by atoms with Crippen molar-refractivity contribution in [2.24, 2.45) is 0 Å². The molecule has 0 radical (unpaired) electrons. The van der Waals surface area contributed by atoms with Crippen molar-refractivity contribution in [2.45, 2.75) is 23.9 Å². The summed E-state index contributed by atoms with van der Waals surface area (Å²) in [7, 11) is 0. The fourth-order valence-electron chi connectivity index (χ4n) is 2.90. The van der Waals surface area contributed by atoms with Crippen molar-refractivity contribution in [1.82, 2.24) is 9.55 Å². The second-order valence-electron chi connectivity index (χ2n) is 6.28. The highest BCUT2D eigenvalue weighted by Crippen LogP contribution is 2.25. The van der Waals surface area contributed by atoms with E-state index >= 15 is 0 Å². The molecule has 2 heterocycles. The van der Waals surface area contributed by atoms with Crippen molar-refractivity contribution < 1.29 is 0 Å². The quantitative estimate of drug-likeness (QED) is 0.231. The first-order chi connectivity index (χ1) is 13.6. The molecule has 0 amide bonds. The number of aromatic nitrogens is 2. The third-order valence-corrected chi connectivity index (χ3v) is 7.01. The maximum atomic E-state index is 13.0. The minimum absolute atomic E-state index is 0.0331. The molecule has 0 unspecified atom stereocenters. The lowest BCUT2D eigenvalue weighted by Gasteiger charge is -2.12. The molecule has 0 fully saturated rings. The Morgan fingerprint density at radius 2 is 1.93 bits per heavy atom. The predicted octanol–water partition coefficient (Wildman–Crippen LogP) is 6.41. The number of thioether (sulfide) groups is 1. The van der Waals surface area contributed by atoms with E-state index in [0.29, 0.717) is 16.3 Å². The summed E-state index contributed by atoms with van der Waals surface area (Å²) in [4.78, 5) is 17.8. The van der Waals surface area contributed by atoms with Crippen molar-refractivity contribution in [3.8, 4) is 0 Å². The minimum Gasteiger partial charge on any atom is -0.286 e. The second-order valence-corrected chi connectivity index (χ2v) is 9.49. The molecule has 7 heteroatoms. The zero-order valence-electron chi connectivity index (χ0n) is 14.8. The molecule has 142 valence electrons. The van der Waals surface area contributed by atoms with E-state index in [1.807, 2.05) is 47.8 Å². The number of halogens is 2. The van der Waals surface area contributed by atoms with Crippen LogP contribution < -0.4 is 5.56 Å². The molecule has 0 aliphatic rings. The highest BCUT2D eigenvalue weighted by Gasteiger charge is 2.13. The second kappa shape index (κ2) is 8.82. The highest BCUT2D eigenvalue weighted by atomic mass is 79.9. The zero-order valence-corrected chi connectivity index (χ0v) is 18.7. The molecular weight excluding hydrogens is 476 g/mol. The first-order valence-electron chi connectivity index (χ1n) is 8.70. The summed E-state index contributed by atoms with van der Waals surface area (Å²) in [6, 6.07) is 17.9. The van der Waals surface area contributed by atoms with Gasteiger partial charge in [-0.1, -0.05) is 63.6 Å². The SMILES string of the molecule is O=c1c2sccc2nc(SCc2cccc(Br)c2)n1CCc1ccc(Cl)cc1. The number of fused-ring (bicyclic) bond motifs is 1. The lowest BCUT2D eigenvalue weighted by molar-refractivity contribution is 0.596. The van der Waals surface area contributed by atoms with E-state index in [0.717, 1.165) is 32.9 Å². The Morgan fingerprint density at radius 1 is 1.11 bits per heavy atom. The molecule has 0 spiro atoms. The Kier molecular flexibility index (Phi) is 6.21. The Bertz CT molecular complexity index is 1170. The third kappa shape index (κ3) is 4.51. The van der Waals surface area contributed by atoms with Gasteiger partial charge in [0.25, 0.3) is 5.56 Å². The molecule has 0 N–H and O–H groups in total. The average molecular weight is 492 g/mol. The molecule has 4 rings (SSSR count). The molecule has 0 aliphatic carbocycles. The van der Waals surface area contributed by atoms with Gasteiger partial charge in [-0.05, 0) is 53.3 Å². The van der Waals surface area contributed by atoms with Crippen LogP contribution in [0.25, 0.3) is 10.2 Å². The predicted molar refractivity (Wildman–Crippen MR) is 123 cm³/mol. The summed E-state index contributed by atoms with van der Waals surface area (Å²) < 4.78 is 3.56. The van der Waals surface area contributed by atoms with Crippen molar-refractivity contribution in [3.05, 3.63) is 91.0 Å². The molecule has 0 saturated carbocycles. The summed E-state index contributed by atoms with van der Waals surface area (Å²) >= 11 is 12.5. The molecular formula is C21H16BrClN2OS2. The number of nitrogens with zero attached hydrogens (tertiary/aromatic N) is 2. The first kappa shape index (κ1) is 19.7. The van der Waals surface area contributed by atoms with Crippen molar-refractivity contribution in [3.63, 3.8) is 0 Å². The van der Waals surface area contributed by atoms with E-state index in [2.05, 4.69) is 28.1 Å². The van der Waals surface area contributed by atoms with E-state index in [1.165, 1.54) is 16.9 Å². The van der Waals surface area contributed by atoms with E-state index in [4.69, 9.17) is 16.6 Å². The van der Waals surface area contributed by atoms with Gasteiger partial charge in [0.05, 0.1) is 5.52 Å². The Balaban J connectivity index is 1.62.